The molecule has 0 aromatic carbocycles. The average molecular weight is 265 g/mol. The van der Waals surface area contributed by atoms with Crippen LogP contribution in [0, 0.1) is 5.92 Å². The third-order valence-electron chi connectivity index (χ3n) is 5.41. The molecule has 0 amide bonds. The molecule has 3 heterocycles. The first-order valence-electron chi connectivity index (χ1n) is 8.59. The number of piperidine rings is 2. The molecule has 2 unspecified atom stereocenters. The lowest BCUT2D eigenvalue weighted by Gasteiger charge is -2.44. The minimum Gasteiger partial charge on any atom is -0.316 e. The van der Waals surface area contributed by atoms with Crippen molar-refractivity contribution in [1.29, 1.82) is 0 Å². The van der Waals surface area contributed by atoms with Crippen LogP contribution in [0.4, 0.5) is 0 Å². The highest BCUT2D eigenvalue weighted by atomic mass is 15.3. The highest BCUT2D eigenvalue weighted by Gasteiger charge is 2.28. The van der Waals surface area contributed by atoms with Crippen LogP contribution >= 0.6 is 0 Å². The Labute approximate surface area is 118 Å². The molecule has 3 rings (SSSR count). The second-order valence-corrected chi connectivity index (χ2v) is 6.84. The van der Waals surface area contributed by atoms with Gasteiger partial charge in [-0.3, -0.25) is 4.90 Å². The molecule has 0 aliphatic carbocycles. The number of fused-ring (bicyclic) bond motifs is 1. The molecule has 19 heavy (non-hydrogen) atoms. The van der Waals surface area contributed by atoms with Crippen molar-refractivity contribution < 1.29 is 0 Å². The number of piperazine rings is 1. The zero-order chi connectivity index (χ0) is 12.9. The van der Waals surface area contributed by atoms with Crippen LogP contribution in [0.5, 0.6) is 0 Å². The van der Waals surface area contributed by atoms with E-state index in [1.54, 1.807) is 0 Å². The van der Waals surface area contributed by atoms with Crippen LogP contribution in [0.3, 0.4) is 0 Å². The van der Waals surface area contributed by atoms with Crippen molar-refractivity contribution in [1.82, 2.24) is 15.1 Å². The van der Waals surface area contributed by atoms with Crippen LogP contribution in [0.2, 0.25) is 0 Å². The van der Waals surface area contributed by atoms with Crippen molar-refractivity contribution in [3.05, 3.63) is 0 Å². The van der Waals surface area contributed by atoms with E-state index in [1.165, 1.54) is 90.8 Å². The maximum absolute atomic E-state index is 3.54. The van der Waals surface area contributed by atoms with Gasteiger partial charge in [0.05, 0.1) is 0 Å². The van der Waals surface area contributed by atoms with Crippen LogP contribution in [0.15, 0.2) is 0 Å². The lowest BCUT2D eigenvalue weighted by molar-refractivity contribution is 0.0480. The normalized spacial score (nSPS) is 34.1. The van der Waals surface area contributed by atoms with Crippen molar-refractivity contribution >= 4 is 0 Å². The summed E-state index contributed by atoms with van der Waals surface area (Å²) in [6.07, 6.45) is 10.1. The first kappa shape index (κ1) is 13.8. The van der Waals surface area contributed by atoms with Gasteiger partial charge in [-0.15, -0.1) is 0 Å². The minimum atomic E-state index is 0.888. The van der Waals surface area contributed by atoms with Crippen molar-refractivity contribution in [2.45, 2.75) is 51.0 Å². The number of rotatable bonds is 4. The molecule has 0 spiro atoms. The zero-order valence-corrected chi connectivity index (χ0v) is 12.4. The monoisotopic (exact) mass is 265 g/mol. The van der Waals surface area contributed by atoms with E-state index < -0.39 is 0 Å². The summed E-state index contributed by atoms with van der Waals surface area (Å²) in [5.41, 5.74) is 0. The molecular formula is C16H31N3. The van der Waals surface area contributed by atoms with Crippen LogP contribution in [0.25, 0.3) is 0 Å². The second kappa shape index (κ2) is 7.05. The summed E-state index contributed by atoms with van der Waals surface area (Å²) < 4.78 is 0. The Kier molecular flexibility index (Phi) is 5.14. The molecule has 110 valence electrons. The summed E-state index contributed by atoms with van der Waals surface area (Å²) in [7, 11) is 0. The fourth-order valence-corrected chi connectivity index (χ4v) is 4.20. The van der Waals surface area contributed by atoms with Gasteiger partial charge in [-0.05, 0) is 70.6 Å². The van der Waals surface area contributed by atoms with Crippen LogP contribution in [0.1, 0.15) is 44.9 Å². The fourth-order valence-electron chi connectivity index (χ4n) is 4.20. The summed E-state index contributed by atoms with van der Waals surface area (Å²) in [4.78, 5) is 5.48. The van der Waals surface area contributed by atoms with Gasteiger partial charge in [-0.25, -0.2) is 0 Å². The molecule has 0 aromatic heterocycles. The third kappa shape index (κ3) is 3.93. The van der Waals surface area contributed by atoms with E-state index >= 15 is 0 Å². The smallest absolute Gasteiger partial charge is 0.0223 e. The summed E-state index contributed by atoms with van der Waals surface area (Å²) in [6, 6.07) is 0.888. The predicted molar refractivity (Wildman–Crippen MR) is 80.5 cm³/mol. The SMILES string of the molecule is C1CNCC(CCCN2CCN3CCCCC3C2)C1. The van der Waals surface area contributed by atoms with Crippen molar-refractivity contribution in [2.24, 2.45) is 5.92 Å². The molecule has 0 radical (unpaired) electrons. The Bertz CT molecular complexity index is 263. The van der Waals surface area contributed by atoms with E-state index in [1.807, 2.05) is 0 Å². The van der Waals surface area contributed by atoms with E-state index in [0.29, 0.717) is 0 Å². The van der Waals surface area contributed by atoms with Crippen LogP contribution < -0.4 is 5.32 Å². The predicted octanol–water partition coefficient (Wildman–Crippen LogP) is 1.94. The molecule has 1 N–H and O–H groups in total. The molecule has 3 aliphatic rings. The number of hydrogen-bond donors (Lipinski definition) is 1. The van der Waals surface area contributed by atoms with Gasteiger partial charge in [0, 0.05) is 25.7 Å². The largest absolute Gasteiger partial charge is 0.316 e. The molecule has 2 atom stereocenters. The zero-order valence-electron chi connectivity index (χ0n) is 12.4. The molecule has 0 aromatic rings. The second-order valence-electron chi connectivity index (χ2n) is 6.84. The maximum Gasteiger partial charge on any atom is 0.0223 e. The van der Waals surface area contributed by atoms with Crippen LogP contribution in [-0.2, 0) is 0 Å². The van der Waals surface area contributed by atoms with Gasteiger partial charge in [0.25, 0.3) is 0 Å². The van der Waals surface area contributed by atoms with Gasteiger partial charge in [0.15, 0.2) is 0 Å². The topological polar surface area (TPSA) is 18.5 Å². The molecule has 0 saturated carbocycles. The standard InChI is InChI=1S/C16H31N3/c1-2-10-19-12-11-18(14-16(19)7-1)9-4-6-15-5-3-8-17-13-15/h15-17H,1-14H2. The van der Waals surface area contributed by atoms with Gasteiger partial charge in [0.2, 0.25) is 0 Å². The van der Waals surface area contributed by atoms with E-state index in [4.69, 9.17) is 0 Å². The van der Waals surface area contributed by atoms with Gasteiger partial charge >= 0.3 is 0 Å². The summed E-state index contributed by atoms with van der Waals surface area (Å²) in [6.45, 7) is 9.24. The molecule has 3 heteroatoms. The summed E-state index contributed by atoms with van der Waals surface area (Å²) in [5.74, 6) is 0.963. The highest BCUT2D eigenvalue weighted by Crippen LogP contribution is 2.22. The van der Waals surface area contributed by atoms with Crippen molar-refractivity contribution in [2.75, 3.05) is 45.8 Å². The summed E-state index contributed by atoms with van der Waals surface area (Å²) >= 11 is 0. The van der Waals surface area contributed by atoms with Gasteiger partial charge in [-0.1, -0.05) is 6.42 Å². The van der Waals surface area contributed by atoms with Gasteiger partial charge in [-0.2, -0.15) is 0 Å². The Hall–Kier alpha value is -0.120. The first-order chi connectivity index (χ1) is 9.42. The Morgan fingerprint density at radius 3 is 2.89 bits per heavy atom. The summed E-state index contributed by atoms with van der Waals surface area (Å²) in [5, 5.41) is 3.54. The lowest BCUT2D eigenvalue weighted by Crippen LogP contribution is -2.54. The molecule has 3 nitrogen and oxygen atoms in total. The number of nitrogens with zero attached hydrogens (tertiary/aromatic N) is 2. The Morgan fingerprint density at radius 2 is 2.00 bits per heavy atom. The molecule has 3 aliphatic heterocycles. The Morgan fingerprint density at radius 1 is 1.00 bits per heavy atom. The fraction of sp³-hybridized carbons (Fsp3) is 1.00. The molecule has 0 bridgehead atoms. The highest BCUT2D eigenvalue weighted by molar-refractivity contribution is 4.85. The number of hydrogen-bond acceptors (Lipinski definition) is 3. The lowest BCUT2D eigenvalue weighted by atomic mass is 9.94. The molecular weight excluding hydrogens is 234 g/mol. The Balaban J connectivity index is 1.34. The average Bonchev–Trinajstić information content (AvgIpc) is 2.48. The van der Waals surface area contributed by atoms with E-state index in [-0.39, 0.29) is 0 Å². The quantitative estimate of drug-likeness (QED) is 0.838. The van der Waals surface area contributed by atoms with Gasteiger partial charge < -0.3 is 10.2 Å². The van der Waals surface area contributed by atoms with E-state index in [0.717, 1.165) is 12.0 Å². The van der Waals surface area contributed by atoms with Gasteiger partial charge in [0.1, 0.15) is 0 Å². The van der Waals surface area contributed by atoms with Crippen molar-refractivity contribution in [3.63, 3.8) is 0 Å². The maximum atomic E-state index is 3.54. The third-order valence-corrected chi connectivity index (χ3v) is 5.41. The van der Waals surface area contributed by atoms with Crippen molar-refractivity contribution in [3.8, 4) is 0 Å². The first-order valence-corrected chi connectivity index (χ1v) is 8.59. The molecule has 3 saturated heterocycles. The van der Waals surface area contributed by atoms with E-state index in [9.17, 15) is 0 Å². The molecule has 3 fully saturated rings. The number of nitrogens with one attached hydrogen (secondary N) is 1. The van der Waals surface area contributed by atoms with Crippen LogP contribution in [-0.4, -0.2) is 61.7 Å². The minimum absolute atomic E-state index is 0.888. The van der Waals surface area contributed by atoms with E-state index in [2.05, 4.69) is 15.1 Å².